The first kappa shape index (κ1) is 25.2. The lowest BCUT2D eigenvalue weighted by molar-refractivity contribution is 0.0388. The summed E-state index contributed by atoms with van der Waals surface area (Å²) in [4.78, 5) is 32.1. The van der Waals surface area contributed by atoms with Gasteiger partial charge in [0, 0.05) is 23.6 Å². The number of thiophene rings is 1. The highest BCUT2D eigenvalue weighted by molar-refractivity contribution is 7.21. The fourth-order valence-corrected chi connectivity index (χ4v) is 5.01. The molecule has 2 N–H and O–H groups in total. The minimum Gasteiger partial charge on any atom is -0.497 e. The van der Waals surface area contributed by atoms with Crippen LogP contribution in [0.4, 0.5) is 5.69 Å². The number of anilines is 1. The summed E-state index contributed by atoms with van der Waals surface area (Å²) in [5.74, 6) is 0.532. The van der Waals surface area contributed by atoms with Gasteiger partial charge in [-0.2, -0.15) is 0 Å². The van der Waals surface area contributed by atoms with Gasteiger partial charge in [0.15, 0.2) is 0 Å². The molecule has 4 aromatic rings. The summed E-state index contributed by atoms with van der Waals surface area (Å²) in [6.45, 7) is 2.09. The van der Waals surface area contributed by atoms with Gasteiger partial charge in [0.05, 0.1) is 37.8 Å². The van der Waals surface area contributed by atoms with E-state index in [2.05, 4.69) is 4.98 Å². The normalized spacial score (nSPS) is 10.9. The Morgan fingerprint density at radius 3 is 2.11 bits per heavy atom. The maximum absolute atomic E-state index is 13.4. The molecule has 0 radical (unpaired) electrons. The Labute approximate surface area is 212 Å². The van der Waals surface area contributed by atoms with Crippen molar-refractivity contribution in [3.63, 3.8) is 0 Å². The summed E-state index contributed by atoms with van der Waals surface area (Å²) in [6.07, 6.45) is 0. The monoisotopic (exact) mass is 506 g/mol. The number of nitrogens with two attached hydrogens (primary N) is 1. The fourth-order valence-electron chi connectivity index (χ4n) is 3.89. The van der Waals surface area contributed by atoms with E-state index in [4.69, 9.17) is 24.7 Å². The molecule has 0 saturated heterocycles. The molecule has 0 aliphatic heterocycles. The number of carbonyl (C=O) groups is 2. The molecule has 2 heterocycles. The van der Waals surface area contributed by atoms with Gasteiger partial charge in [0.2, 0.25) is 5.78 Å². The molecule has 0 bridgehead atoms. The maximum Gasteiger partial charge on any atom is 0.340 e. The number of ether oxygens (including phenoxy) is 4. The van der Waals surface area contributed by atoms with E-state index in [0.29, 0.717) is 43.4 Å². The van der Waals surface area contributed by atoms with E-state index in [0.717, 1.165) is 5.56 Å². The Balaban J connectivity index is 1.92. The zero-order chi connectivity index (χ0) is 25.8. The number of ketones is 1. The van der Waals surface area contributed by atoms with Gasteiger partial charge < -0.3 is 24.7 Å². The van der Waals surface area contributed by atoms with Crippen LogP contribution in [0.3, 0.4) is 0 Å². The second-order valence-electron chi connectivity index (χ2n) is 7.89. The third kappa shape index (κ3) is 4.75. The minimum atomic E-state index is -0.543. The quantitative estimate of drug-likeness (QED) is 0.194. The van der Waals surface area contributed by atoms with Crippen LogP contribution in [0, 0.1) is 6.92 Å². The molecule has 0 aliphatic carbocycles. The number of hydrogen-bond acceptors (Lipinski definition) is 9. The van der Waals surface area contributed by atoms with Crippen molar-refractivity contribution in [3.05, 3.63) is 70.2 Å². The minimum absolute atomic E-state index is 0.0924. The lowest BCUT2D eigenvalue weighted by Gasteiger charge is -2.14. The number of aryl methyl sites for hydroxylation is 1. The highest BCUT2D eigenvalue weighted by Crippen LogP contribution is 2.43. The molecule has 0 aliphatic rings. The molecule has 0 spiro atoms. The van der Waals surface area contributed by atoms with Crippen molar-refractivity contribution in [1.82, 2.24) is 4.98 Å². The highest BCUT2D eigenvalue weighted by Gasteiger charge is 2.27. The predicted molar refractivity (Wildman–Crippen MR) is 139 cm³/mol. The summed E-state index contributed by atoms with van der Waals surface area (Å²) >= 11 is 1.20. The molecule has 0 atom stereocenters. The smallest absolute Gasteiger partial charge is 0.340 e. The number of fused-ring (bicyclic) bond motifs is 1. The number of esters is 1. The second kappa shape index (κ2) is 10.8. The van der Waals surface area contributed by atoms with Crippen LogP contribution in [0.25, 0.3) is 21.3 Å². The largest absolute Gasteiger partial charge is 0.497 e. The molecule has 2 aromatic carbocycles. The topological polar surface area (TPSA) is 110 Å². The van der Waals surface area contributed by atoms with Crippen molar-refractivity contribution in [2.45, 2.75) is 6.92 Å². The predicted octanol–water partition coefficient (Wildman–Crippen LogP) is 4.91. The van der Waals surface area contributed by atoms with Gasteiger partial charge in [-0.1, -0.05) is 12.1 Å². The van der Waals surface area contributed by atoms with Gasteiger partial charge in [0.25, 0.3) is 0 Å². The van der Waals surface area contributed by atoms with E-state index >= 15 is 0 Å². The van der Waals surface area contributed by atoms with Gasteiger partial charge in [-0.15, -0.1) is 11.3 Å². The summed E-state index contributed by atoms with van der Waals surface area (Å²) in [6, 6.07) is 14.1. The van der Waals surface area contributed by atoms with Crippen LogP contribution in [0.1, 0.15) is 31.3 Å². The number of pyridine rings is 1. The van der Waals surface area contributed by atoms with Gasteiger partial charge in [-0.25, -0.2) is 9.78 Å². The zero-order valence-corrected chi connectivity index (χ0v) is 21.2. The molecule has 2 aromatic heterocycles. The number of methoxy groups -OCH3 is 3. The average molecular weight is 507 g/mol. The molecule has 36 heavy (non-hydrogen) atoms. The lowest BCUT2D eigenvalue weighted by Crippen LogP contribution is -2.13. The SMILES string of the molecule is COCCOC(=O)c1c(C)nc2sc(C(=O)c3ccc(OC)cc3)c(N)c2c1-c1ccc(OC)cc1. The summed E-state index contributed by atoms with van der Waals surface area (Å²) in [5.41, 5.74) is 9.37. The van der Waals surface area contributed by atoms with Gasteiger partial charge in [0.1, 0.15) is 27.8 Å². The summed E-state index contributed by atoms with van der Waals surface area (Å²) < 4.78 is 20.9. The van der Waals surface area contributed by atoms with Crippen LogP contribution in [-0.4, -0.2) is 51.3 Å². The van der Waals surface area contributed by atoms with Crippen LogP contribution in [0.5, 0.6) is 11.5 Å². The molecule has 9 heteroatoms. The van der Waals surface area contributed by atoms with Gasteiger partial charge in [-0.05, 0) is 48.9 Å². The van der Waals surface area contributed by atoms with Crippen LogP contribution in [-0.2, 0) is 9.47 Å². The molecule has 0 amide bonds. The van der Waals surface area contributed by atoms with Crippen molar-refractivity contribution in [3.8, 4) is 22.6 Å². The number of rotatable bonds is 9. The average Bonchev–Trinajstić information content (AvgIpc) is 3.23. The first-order valence-corrected chi connectivity index (χ1v) is 11.9. The van der Waals surface area contributed by atoms with Gasteiger partial charge >= 0.3 is 5.97 Å². The molecule has 8 nitrogen and oxygen atoms in total. The number of hydrogen-bond donors (Lipinski definition) is 1. The number of aromatic nitrogens is 1. The first-order chi connectivity index (χ1) is 17.4. The Bertz CT molecular complexity index is 1410. The summed E-state index contributed by atoms with van der Waals surface area (Å²) in [5, 5.41) is 0.534. The van der Waals surface area contributed by atoms with Crippen molar-refractivity contribution >= 4 is 39.0 Å². The van der Waals surface area contributed by atoms with E-state index in [1.165, 1.54) is 18.4 Å². The van der Waals surface area contributed by atoms with Gasteiger partial charge in [-0.3, -0.25) is 4.79 Å². The number of carbonyl (C=O) groups excluding carboxylic acids is 2. The zero-order valence-electron chi connectivity index (χ0n) is 20.4. The van der Waals surface area contributed by atoms with E-state index in [1.54, 1.807) is 57.5 Å². The van der Waals surface area contributed by atoms with E-state index < -0.39 is 5.97 Å². The Morgan fingerprint density at radius 2 is 1.53 bits per heavy atom. The van der Waals surface area contributed by atoms with E-state index in [1.807, 2.05) is 12.1 Å². The Hall–Kier alpha value is -3.95. The van der Waals surface area contributed by atoms with E-state index in [-0.39, 0.29) is 30.2 Å². The maximum atomic E-state index is 13.4. The molecule has 0 saturated carbocycles. The number of nitrogens with zero attached hydrogens (tertiary/aromatic N) is 1. The van der Waals surface area contributed by atoms with Crippen molar-refractivity contribution < 1.29 is 28.5 Å². The molecule has 0 unspecified atom stereocenters. The Morgan fingerprint density at radius 1 is 0.917 bits per heavy atom. The molecular weight excluding hydrogens is 480 g/mol. The Kier molecular flexibility index (Phi) is 7.52. The lowest BCUT2D eigenvalue weighted by atomic mass is 9.95. The van der Waals surface area contributed by atoms with Crippen LogP contribution in [0.2, 0.25) is 0 Å². The summed E-state index contributed by atoms with van der Waals surface area (Å²) in [7, 11) is 4.67. The number of nitrogen functional groups attached to an aromatic ring is 1. The van der Waals surface area contributed by atoms with Crippen LogP contribution in [0.15, 0.2) is 48.5 Å². The fraction of sp³-hybridized carbons (Fsp3) is 0.222. The molecular formula is C27H26N2O6S. The van der Waals surface area contributed by atoms with Crippen LogP contribution >= 0.6 is 11.3 Å². The third-order valence-electron chi connectivity index (χ3n) is 5.72. The number of benzene rings is 2. The van der Waals surface area contributed by atoms with Crippen molar-refractivity contribution in [1.29, 1.82) is 0 Å². The third-order valence-corrected chi connectivity index (χ3v) is 6.82. The van der Waals surface area contributed by atoms with Crippen molar-refractivity contribution in [2.75, 3.05) is 40.3 Å². The highest BCUT2D eigenvalue weighted by atomic mass is 32.1. The van der Waals surface area contributed by atoms with E-state index in [9.17, 15) is 9.59 Å². The standard InChI is InChI=1S/C27H26N2O6S/c1-15-20(27(31)35-14-13-32-2)21(16-5-9-18(33-3)10-6-16)22-23(28)25(36-26(22)29-15)24(30)17-7-11-19(34-4)12-8-17/h5-12H,13-14,28H2,1-4H3. The second-order valence-corrected chi connectivity index (χ2v) is 8.89. The van der Waals surface area contributed by atoms with Crippen molar-refractivity contribution in [2.24, 2.45) is 0 Å². The van der Waals surface area contributed by atoms with Crippen LogP contribution < -0.4 is 15.2 Å². The first-order valence-electron chi connectivity index (χ1n) is 11.1. The molecule has 0 fully saturated rings. The molecule has 4 rings (SSSR count). The molecule has 186 valence electrons.